The van der Waals surface area contributed by atoms with E-state index in [0.717, 1.165) is 18.9 Å². The third-order valence-electron chi connectivity index (χ3n) is 5.65. The van der Waals surface area contributed by atoms with Gasteiger partial charge in [0.2, 0.25) is 5.91 Å². The van der Waals surface area contributed by atoms with Gasteiger partial charge < -0.3 is 10.6 Å². The Kier molecular flexibility index (Phi) is 5.78. The number of rotatable bonds is 5. The van der Waals surface area contributed by atoms with Gasteiger partial charge in [-0.3, -0.25) is 4.79 Å². The zero-order valence-electron chi connectivity index (χ0n) is 14.0. The van der Waals surface area contributed by atoms with Gasteiger partial charge in [0.05, 0.1) is 6.04 Å². The molecule has 2 N–H and O–H groups in total. The fraction of sp³-hybridized carbons (Fsp3) is 0.632. The molecular weight excluding hydrogens is 340 g/mol. The van der Waals surface area contributed by atoms with E-state index >= 15 is 0 Å². The molecule has 0 spiro atoms. The van der Waals surface area contributed by atoms with Crippen LogP contribution in [0.2, 0.25) is 0 Å². The molecule has 132 valence electrons. The molecule has 3 atom stereocenters. The van der Waals surface area contributed by atoms with E-state index in [-0.39, 0.29) is 29.1 Å². The molecule has 2 aliphatic carbocycles. The van der Waals surface area contributed by atoms with E-state index in [1.54, 1.807) is 0 Å². The number of carbonyl (C=O) groups excluding carboxylic acids is 1. The molecular formula is C19H27ClN2OS. The Morgan fingerprint density at radius 1 is 1.21 bits per heavy atom. The lowest BCUT2D eigenvalue weighted by Gasteiger charge is -2.24. The molecule has 3 nitrogen and oxygen atoms in total. The molecule has 2 saturated carbocycles. The molecule has 0 radical (unpaired) electrons. The van der Waals surface area contributed by atoms with Crippen LogP contribution in [0, 0.1) is 5.92 Å². The largest absolute Gasteiger partial charge is 0.353 e. The number of nitrogens with one attached hydrogen (secondary N) is 2. The van der Waals surface area contributed by atoms with Crippen molar-refractivity contribution in [3.05, 3.63) is 30.3 Å². The highest BCUT2D eigenvalue weighted by atomic mass is 35.5. The molecule has 0 bridgehead atoms. The molecule has 1 aromatic carbocycles. The van der Waals surface area contributed by atoms with Gasteiger partial charge in [-0.25, -0.2) is 0 Å². The Morgan fingerprint density at radius 2 is 1.96 bits per heavy atom. The van der Waals surface area contributed by atoms with E-state index in [1.807, 2.05) is 11.8 Å². The quantitative estimate of drug-likeness (QED) is 0.833. The number of carbonyl (C=O) groups is 1. The smallest absolute Gasteiger partial charge is 0.237 e. The molecule has 1 aromatic rings. The third-order valence-corrected chi connectivity index (χ3v) is 7.14. The summed E-state index contributed by atoms with van der Waals surface area (Å²) in [6.45, 7) is 0.804. The average molecular weight is 367 g/mol. The second kappa shape index (κ2) is 7.67. The number of amides is 1. The number of halogens is 1. The predicted molar refractivity (Wildman–Crippen MR) is 102 cm³/mol. The summed E-state index contributed by atoms with van der Waals surface area (Å²) >= 11 is 1.93. The van der Waals surface area contributed by atoms with Gasteiger partial charge in [0.15, 0.2) is 0 Å². The molecule has 1 saturated heterocycles. The zero-order valence-corrected chi connectivity index (χ0v) is 15.6. The summed E-state index contributed by atoms with van der Waals surface area (Å²) in [7, 11) is 0. The minimum atomic E-state index is 0. The number of benzene rings is 1. The summed E-state index contributed by atoms with van der Waals surface area (Å²) in [5.41, 5.74) is 0. The second-order valence-corrected chi connectivity index (χ2v) is 8.96. The van der Waals surface area contributed by atoms with Gasteiger partial charge in [0, 0.05) is 22.2 Å². The van der Waals surface area contributed by atoms with Crippen LogP contribution in [0.1, 0.15) is 44.9 Å². The first-order chi connectivity index (χ1) is 11.2. The summed E-state index contributed by atoms with van der Waals surface area (Å²) in [5.74, 6) is 0.951. The molecule has 3 fully saturated rings. The standard InChI is InChI=1S/C19H26N2OS.ClH/c22-18(17-12-14-6-4-5-9-16(14)21-17)20-13-19(10-11-19)23-15-7-2-1-3-8-15;/h1-3,7-8,14,16-17,21H,4-6,9-13H2,(H,20,22);1H. The van der Waals surface area contributed by atoms with Crippen LogP contribution in [-0.4, -0.2) is 29.3 Å². The first-order valence-electron chi connectivity index (χ1n) is 9.02. The van der Waals surface area contributed by atoms with Crippen LogP contribution < -0.4 is 10.6 Å². The van der Waals surface area contributed by atoms with Gasteiger partial charge in [0.25, 0.3) is 0 Å². The van der Waals surface area contributed by atoms with Crippen molar-refractivity contribution in [2.24, 2.45) is 5.92 Å². The van der Waals surface area contributed by atoms with Gasteiger partial charge >= 0.3 is 0 Å². The van der Waals surface area contributed by atoms with Crippen molar-refractivity contribution < 1.29 is 4.79 Å². The highest BCUT2D eigenvalue weighted by Gasteiger charge is 2.45. The molecule has 0 aromatic heterocycles. The van der Waals surface area contributed by atoms with Crippen LogP contribution in [0.3, 0.4) is 0 Å². The number of hydrogen-bond donors (Lipinski definition) is 2. The lowest BCUT2D eigenvalue weighted by atomic mass is 9.85. The molecule has 1 heterocycles. The molecule has 3 aliphatic rings. The monoisotopic (exact) mass is 366 g/mol. The number of hydrogen-bond acceptors (Lipinski definition) is 3. The predicted octanol–water partition coefficient (Wildman–Crippen LogP) is 3.77. The fourth-order valence-corrected chi connectivity index (χ4v) is 5.33. The number of thioether (sulfide) groups is 1. The topological polar surface area (TPSA) is 41.1 Å². The Hall–Kier alpha value is -0.710. The van der Waals surface area contributed by atoms with Gasteiger partial charge in [0.1, 0.15) is 0 Å². The molecule has 24 heavy (non-hydrogen) atoms. The lowest BCUT2D eigenvalue weighted by molar-refractivity contribution is -0.122. The minimum absolute atomic E-state index is 0. The van der Waals surface area contributed by atoms with E-state index in [9.17, 15) is 4.79 Å². The van der Waals surface area contributed by atoms with Crippen molar-refractivity contribution >= 4 is 30.1 Å². The molecule has 1 aliphatic heterocycles. The Morgan fingerprint density at radius 3 is 2.67 bits per heavy atom. The molecule has 1 amide bonds. The molecule has 4 rings (SSSR count). The van der Waals surface area contributed by atoms with E-state index in [1.165, 1.54) is 43.4 Å². The van der Waals surface area contributed by atoms with Crippen molar-refractivity contribution in [1.82, 2.24) is 10.6 Å². The molecule has 5 heteroatoms. The summed E-state index contributed by atoms with van der Waals surface area (Å²) in [6.07, 6.45) is 8.66. The van der Waals surface area contributed by atoms with Crippen molar-refractivity contribution in [2.75, 3.05) is 6.54 Å². The van der Waals surface area contributed by atoms with Crippen molar-refractivity contribution in [2.45, 2.75) is 66.7 Å². The first-order valence-corrected chi connectivity index (χ1v) is 9.84. The molecule has 3 unspecified atom stereocenters. The maximum Gasteiger partial charge on any atom is 0.237 e. The Labute approximate surface area is 155 Å². The van der Waals surface area contributed by atoms with Crippen LogP contribution in [0.5, 0.6) is 0 Å². The highest BCUT2D eigenvalue weighted by Crippen LogP contribution is 2.51. The first kappa shape index (κ1) is 18.1. The Bertz CT molecular complexity index is 550. The summed E-state index contributed by atoms with van der Waals surface area (Å²) < 4.78 is 0.238. The van der Waals surface area contributed by atoms with E-state index < -0.39 is 0 Å². The lowest BCUT2D eigenvalue weighted by Crippen LogP contribution is -2.45. The maximum absolute atomic E-state index is 12.5. The van der Waals surface area contributed by atoms with Gasteiger partial charge in [-0.05, 0) is 50.2 Å². The fourth-order valence-electron chi connectivity index (χ4n) is 4.09. The van der Waals surface area contributed by atoms with Crippen molar-refractivity contribution in [3.63, 3.8) is 0 Å². The highest BCUT2D eigenvalue weighted by molar-refractivity contribution is 8.01. The average Bonchev–Trinajstić information content (AvgIpc) is 3.20. The summed E-state index contributed by atoms with van der Waals surface area (Å²) in [6, 6.07) is 11.2. The number of fused-ring (bicyclic) bond motifs is 1. The van der Waals surface area contributed by atoms with Crippen LogP contribution in [0.25, 0.3) is 0 Å². The van der Waals surface area contributed by atoms with Crippen LogP contribution in [-0.2, 0) is 4.79 Å². The van der Waals surface area contributed by atoms with Crippen molar-refractivity contribution in [1.29, 1.82) is 0 Å². The zero-order chi connectivity index (χ0) is 15.7. The SMILES string of the molecule is Cl.O=C(NCC1(Sc2ccccc2)CC1)C1CC2CCCCC2N1. The summed E-state index contributed by atoms with van der Waals surface area (Å²) in [5, 5.41) is 6.82. The van der Waals surface area contributed by atoms with Gasteiger partial charge in [-0.15, -0.1) is 24.2 Å². The Balaban J connectivity index is 0.00000169. The van der Waals surface area contributed by atoms with Crippen LogP contribution >= 0.6 is 24.2 Å². The normalized spacial score (nSPS) is 30.1. The van der Waals surface area contributed by atoms with Gasteiger partial charge in [-0.1, -0.05) is 31.0 Å². The maximum atomic E-state index is 12.5. The van der Waals surface area contributed by atoms with E-state index in [2.05, 4.69) is 41.0 Å². The third kappa shape index (κ3) is 4.09. The van der Waals surface area contributed by atoms with Gasteiger partial charge in [-0.2, -0.15) is 0 Å². The van der Waals surface area contributed by atoms with E-state index in [0.29, 0.717) is 6.04 Å². The van der Waals surface area contributed by atoms with Crippen LogP contribution in [0.4, 0.5) is 0 Å². The van der Waals surface area contributed by atoms with Crippen LogP contribution in [0.15, 0.2) is 35.2 Å². The van der Waals surface area contributed by atoms with E-state index in [4.69, 9.17) is 0 Å². The van der Waals surface area contributed by atoms with Crippen molar-refractivity contribution in [3.8, 4) is 0 Å². The minimum Gasteiger partial charge on any atom is -0.353 e. The second-order valence-electron chi connectivity index (χ2n) is 7.42. The summed E-state index contributed by atoms with van der Waals surface area (Å²) in [4.78, 5) is 13.8.